The van der Waals surface area contributed by atoms with Crippen LogP contribution >= 0.6 is 0 Å². The van der Waals surface area contributed by atoms with Gasteiger partial charge in [0.15, 0.2) is 0 Å². The van der Waals surface area contributed by atoms with Crippen LogP contribution in [0.2, 0.25) is 0 Å². The van der Waals surface area contributed by atoms with Crippen LogP contribution in [0.4, 0.5) is 0 Å². The molecule has 0 aromatic carbocycles. The Morgan fingerprint density at radius 2 is 1.20 bits per heavy atom. The van der Waals surface area contributed by atoms with Crippen LogP contribution in [0, 0.1) is 0 Å². The topological polar surface area (TPSA) is 0 Å². The van der Waals surface area contributed by atoms with E-state index in [1.165, 1.54) is 0 Å². The third-order valence-electron chi connectivity index (χ3n) is 0.333. The maximum absolute atomic E-state index is 2.00. The van der Waals surface area contributed by atoms with Crippen molar-refractivity contribution in [2.24, 2.45) is 0 Å². The molecule has 0 aliphatic heterocycles. The number of hydrogen-bond acceptors (Lipinski definition) is 0. The first kappa shape index (κ1) is 9.18. The predicted octanol–water partition coefficient (Wildman–Crippen LogP) is 0.666. The van der Waals surface area contributed by atoms with Gasteiger partial charge in [0.05, 0.1) is 0 Å². The second-order valence-corrected chi connectivity index (χ2v) is 0.667. The Balaban J connectivity index is 0. The van der Waals surface area contributed by atoms with Gasteiger partial charge >= 0.3 is 27.3 Å². The van der Waals surface area contributed by atoms with Gasteiger partial charge in [-0.1, -0.05) is 12.2 Å². The van der Waals surface area contributed by atoms with E-state index in [0.717, 1.165) is 0 Å². The van der Waals surface area contributed by atoms with Crippen LogP contribution < -0.4 is 0 Å². The third-order valence-corrected chi connectivity index (χ3v) is 0.333. The fourth-order valence-electron chi connectivity index (χ4n) is 0. The summed E-state index contributed by atoms with van der Waals surface area (Å²) in [7, 11) is 0. The van der Waals surface area contributed by atoms with E-state index in [-0.39, 0.29) is 27.3 Å². The summed E-state index contributed by atoms with van der Waals surface area (Å²) in [6.45, 7) is 4.00. The normalized spacial score (nSPS) is 7.60. The van der Waals surface area contributed by atoms with Crippen molar-refractivity contribution in [1.82, 2.24) is 0 Å². The molecule has 0 atom stereocenters. The SMILES string of the molecule is CC=CC.[PbH2]. The van der Waals surface area contributed by atoms with Crippen molar-refractivity contribution in [3.8, 4) is 0 Å². The first-order chi connectivity index (χ1) is 1.91. The van der Waals surface area contributed by atoms with Crippen LogP contribution in [0.15, 0.2) is 12.2 Å². The number of allylic oxidation sites excluding steroid dienone is 2. The van der Waals surface area contributed by atoms with Crippen LogP contribution in [-0.2, 0) is 0 Å². The number of rotatable bonds is 0. The zero-order chi connectivity index (χ0) is 3.41. The van der Waals surface area contributed by atoms with Gasteiger partial charge in [0, 0.05) is 0 Å². The summed E-state index contributed by atoms with van der Waals surface area (Å²) in [6, 6.07) is 0. The molecule has 0 fully saturated rings. The van der Waals surface area contributed by atoms with Crippen molar-refractivity contribution >= 4 is 27.3 Å². The molecule has 0 N–H and O–H groups in total. The Kier molecular flexibility index (Phi) is 16.2. The molecule has 0 saturated heterocycles. The van der Waals surface area contributed by atoms with Crippen molar-refractivity contribution < 1.29 is 0 Å². The van der Waals surface area contributed by atoms with E-state index in [2.05, 4.69) is 0 Å². The summed E-state index contributed by atoms with van der Waals surface area (Å²) >= 11 is 0. The Morgan fingerprint density at radius 1 is 1.00 bits per heavy atom. The van der Waals surface area contributed by atoms with Crippen molar-refractivity contribution in [3.05, 3.63) is 12.2 Å². The molecule has 0 amide bonds. The van der Waals surface area contributed by atoms with Gasteiger partial charge in [0.2, 0.25) is 0 Å². The minimum atomic E-state index is 0. The molecule has 0 unspecified atom stereocenters. The van der Waals surface area contributed by atoms with E-state index in [1.807, 2.05) is 26.0 Å². The zero-order valence-electron chi connectivity index (χ0n) is 3.86. The average Bonchev–Trinajstić information content (AvgIpc) is 1.37. The predicted molar refractivity (Wildman–Crippen MR) is 29.0 cm³/mol. The van der Waals surface area contributed by atoms with Crippen molar-refractivity contribution in [1.29, 1.82) is 0 Å². The summed E-state index contributed by atoms with van der Waals surface area (Å²) in [5, 5.41) is 0. The monoisotopic (exact) mass is 266 g/mol. The molecule has 30 valence electrons. The van der Waals surface area contributed by atoms with Crippen LogP contribution in [0.5, 0.6) is 0 Å². The molecule has 0 bridgehead atoms. The third kappa shape index (κ3) is 12.0. The first-order valence-electron chi connectivity index (χ1n) is 1.49. The van der Waals surface area contributed by atoms with Crippen molar-refractivity contribution in [2.75, 3.05) is 0 Å². The van der Waals surface area contributed by atoms with E-state index in [4.69, 9.17) is 0 Å². The Hall–Kier alpha value is 0.662. The summed E-state index contributed by atoms with van der Waals surface area (Å²) < 4.78 is 0. The molecule has 0 aliphatic carbocycles. The summed E-state index contributed by atoms with van der Waals surface area (Å²) in [5.41, 5.74) is 0. The molecular weight excluding hydrogens is 255 g/mol. The van der Waals surface area contributed by atoms with E-state index < -0.39 is 0 Å². The van der Waals surface area contributed by atoms with Gasteiger partial charge in [-0.2, -0.15) is 0 Å². The van der Waals surface area contributed by atoms with Gasteiger partial charge in [-0.3, -0.25) is 0 Å². The molecule has 0 rings (SSSR count). The van der Waals surface area contributed by atoms with Crippen LogP contribution in [0.3, 0.4) is 0 Å². The fraction of sp³-hybridized carbons (Fsp3) is 0.500. The van der Waals surface area contributed by atoms with E-state index in [9.17, 15) is 0 Å². The molecule has 0 nitrogen and oxygen atoms in total. The van der Waals surface area contributed by atoms with Gasteiger partial charge in [-0.25, -0.2) is 0 Å². The average molecular weight is 265 g/mol. The molecule has 0 saturated carbocycles. The first-order valence-corrected chi connectivity index (χ1v) is 1.49. The van der Waals surface area contributed by atoms with E-state index >= 15 is 0 Å². The molecule has 0 aliphatic rings. The van der Waals surface area contributed by atoms with Crippen LogP contribution in [0.1, 0.15) is 13.8 Å². The molecule has 2 radical (unpaired) electrons. The maximum atomic E-state index is 2.00. The molecule has 0 spiro atoms. The summed E-state index contributed by atoms with van der Waals surface area (Å²) in [6.07, 6.45) is 4.00. The molecule has 5 heavy (non-hydrogen) atoms. The summed E-state index contributed by atoms with van der Waals surface area (Å²) in [5.74, 6) is 0. The zero-order valence-corrected chi connectivity index (χ0v) is 9.36. The van der Waals surface area contributed by atoms with Gasteiger partial charge in [-0.15, -0.1) is 0 Å². The molecule has 0 aromatic rings. The van der Waals surface area contributed by atoms with Gasteiger partial charge in [-0.05, 0) is 13.8 Å². The molecule has 0 heterocycles. The Bertz CT molecular complexity index is 18.8. The van der Waals surface area contributed by atoms with Gasteiger partial charge in [0.25, 0.3) is 0 Å². The van der Waals surface area contributed by atoms with Crippen LogP contribution in [-0.4, -0.2) is 27.3 Å². The molecular formula is C4H10Pb. The molecule has 1 heteroatoms. The fourth-order valence-corrected chi connectivity index (χ4v) is 0. The molecule has 0 aromatic heterocycles. The Labute approximate surface area is 53.4 Å². The van der Waals surface area contributed by atoms with Crippen molar-refractivity contribution in [2.45, 2.75) is 13.8 Å². The second-order valence-electron chi connectivity index (χ2n) is 0.667. The minimum absolute atomic E-state index is 0. The van der Waals surface area contributed by atoms with Crippen LogP contribution in [0.25, 0.3) is 0 Å². The number of hydrogen-bond donors (Lipinski definition) is 0. The summed E-state index contributed by atoms with van der Waals surface area (Å²) in [4.78, 5) is 0. The van der Waals surface area contributed by atoms with E-state index in [1.54, 1.807) is 0 Å². The van der Waals surface area contributed by atoms with Gasteiger partial charge < -0.3 is 0 Å². The second kappa shape index (κ2) is 8.82. The van der Waals surface area contributed by atoms with E-state index in [0.29, 0.717) is 0 Å². The van der Waals surface area contributed by atoms with Crippen molar-refractivity contribution in [3.63, 3.8) is 0 Å². The quantitative estimate of drug-likeness (QED) is 0.446. The Morgan fingerprint density at radius 3 is 1.20 bits per heavy atom. The standard InChI is InChI=1S/C4H8.Pb.2H/c1-3-4-2;;;/h3-4H,1-2H3;;;. The van der Waals surface area contributed by atoms with Gasteiger partial charge in [0.1, 0.15) is 0 Å².